The first-order valence-corrected chi connectivity index (χ1v) is 8.23. The highest BCUT2D eigenvalue weighted by molar-refractivity contribution is 5.74. The highest BCUT2D eigenvalue weighted by Gasteiger charge is 2.28. The predicted molar refractivity (Wildman–Crippen MR) is 88.4 cm³/mol. The average Bonchev–Trinajstić information content (AvgIpc) is 3.29. The number of aliphatic hydroxyl groups excluding tert-OH is 1. The number of amides is 2. The minimum Gasteiger partial charge on any atom is -0.394 e. The van der Waals surface area contributed by atoms with Crippen molar-refractivity contribution in [1.29, 1.82) is 0 Å². The molecule has 1 saturated heterocycles. The van der Waals surface area contributed by atoms with E-state index in [2.05, 4.69) is 15.5 Å². The molecule has 2 amide bonds. The Labute approximate surface area is 140 Å². The number of likely N-dealkylation sites (tertiary alicyclic amines) is 1. The van der Waals surface area contributed by atoms with E-state index in [1.807, 2.05) is 37.3 Å². The Hall–Kier alpha value is -2.41. The molecule has 3 rings (SSSR count). The monoisotopic (exact) mass is 330 g/mol. The van der Waals surface area contributed by atoms with Crippen molar-refractivity contribution in [3.05, 3.63) is 36.2 Å². The number of hydrogen-bond acceptors (Lipinski definition) is 5. The van der Waals surface area contributed by atoms with Gasteiger partial charge in [0.05, 0.1) is 18.6 Å². The zero-order valence-corrected chi connectivity index (χ0v) is 13.7. The molecule has 2 atom stereocenters. The van der Waals surface area contributed by atoms with E-state index < -0.39 is 0 Å². The fourth-order valence-electron chi connectivity index (χ4n) is 2.86. The summed E-state index contributed by atoms with van der Waals surface area (Å²) in [5.74, 6) is 0.951. The van der Waals surface area contributed by atoms with Gasteiger partial charge in [-0.05, 0) is 12.8 Å². The third-order valence-corrected chi connectivity index (χ3v) is 4.30. The minimum absolute atomic E-state index is 0.00701. The SMILES string of the molecule is CC(CNC(=O)N1CCCC1CO)c1nc(-c2ccccc2)no1. The normalized spacial score (nSPS) is 18.6. The van der Waals surface area contributed by atoms with Gasteiger partial charge in [0.25, 0.3) is 0 Å². The minimum atomic E-state index is -0.152. The van der Waals surface area contributed by atoms with Crippen LogP contribution in [0.25, 0.3) is 11.4 Å². The summed E-state index contributed by atoms with van der Waals surface area (Å²) in [6.07, 6.45) is 1.78. The summed E-state index contributed by atoms with van der Waals surface area (Å²) in [5.41, 5.74) is 0.895. The number of rotatable bonds is 5. The molecule has 0 aliphatic carbocycles. The summed E-state index contributed by atoms with van der Waals surface area (Å²) in [5, 5.41) is 16.2. The highest BCUT2D eigenvalue weighted by atomic mass is 16.5. The van der Waals surface area contributed by atoms with Crippen LogP contribution in [0, 0.1) is 0 Å². The molecule has 1 fully saturated rings. The maximum atomic E-state index is 12.2. The van der Waals surface area contributed by atoms with Crippen molar-refractivity contribution in [1.82, 2.24) is 20.4 Å². The Morgan fingerprint density at radius 3 is 3.00 bits per heavy atom. The van der Waals surface area contributed by atoms with Crippen LogP contribution < -0.4 is 5.32 Å². The number of carbonyl (C=O) groups excluding carboxylic acids is 1. The fourth-order valence-corrected chi connectivity index (χ4v) is 2.86. The molecular formula is C17H22N4O3. The zero-order chi connectivity index (χ0) is 16.9. The zero-order valence-electron chi connectivity index (χ0n) is 13.7. The van der Waals surface area contributed by atoms with E-state index in [-0.39, 0.29) is 24.6 Å². The molecule has 2 unspecified atom stereocenters. The van der Waals surface area contributed by atoms with Crippen LogP contribution in [0.3, 0.4) is 0 Å². The molecule has 7 nitrogen and oxygen atoms in total. The molecule has 0 saturated carbocycles. The smallest absolute Gasteiger partial charge is 0.317 e. The van der Waals surface area contributed by atoms with Gasteiger partial charge in [-0.2, -0.15) is 4.98 Å². The molecule has 24 heavy (non-hydrogen) atoms. The van der Waals surface area contributed by atoms with Crippen LogP contribution in [0.15, 0.2) is 34.9 Å². The Morgan fingerprint density at radius 1 is 1.46 bits per heavy atom. The van der Waals surface area contributed by atoms with Crippen molar-refractivity contribution in [3.63, 3.8) is 0 Å². The molecule has 1 aliphatic heterocycles. The fraction of sp³-hybridized carbons (Fsp3) is 0.471. The molecule has 0 spiro atoms. The van der Waals surface area contributed by atoms with Gasteiger partial charge in [0.15, 0.2) is 0 Å². The predicted octanol–water partition coefficient (Wildman–Crippen LogP) is 2.01. The number of nitrogens with zero attached hydrogens (tertiary/aromatic N) is 3. The van der Waals surface area contributed by atoms with E-state index in [1.165, 1.54) is 0 Å². The van der Waals surface area contributed by atoms with E-state index in [1.54, 1.807) is 4.90 Å². The third kappa shape index (κ3) is 3.56. The van der Waals surface area contributed by atoms with Gasteiger partial charge in [0.2, 0.25) is 11.7 Å². The maximum absolute atomic E-state index is 12.2. The summed E-state index contributed by atoms with van der Waals surface area (Å²) in [6, 6.07) is 9.38. The topological polar surface area (TPSA) is 91.5 Å². The number of aliphatic hydroxyl groups is 1. The van der Waals surface area contributed by atoms with Gasteiger partial charge in [0, 0.05) is 18.7 Å². The highest BCUT2D eigenvalue weighted by Crippen LogP contribution is 2.20. The summed E-state index contributed by atoms with van der Waals surface area (Å²) in [4.78, 5) is 18.3. The van der Waals surface area contributed by atoms with E-state index in [0.717, 1.165) is 18.4 Å². The molecule has 1 aromatic carbocycles. The first-order valence-electron chi connectivity index (χ1n) is 8.23. The molecule has 0 radical (unpaired) electrons. The molecule has 2 aromatic rings. The largest absolute Gasteiger partial charge is 0.394 e. The molecule has 7 heteroatoms. The third-order valence-electron chi connectivity index (χ3n) is 4.30. The van der Waals surface area contributed by atoms with Crippen molar-refractivity contribution in [2.45, 2.75) is 31.7 Å². The quantitative estimate of drug-likeness (QED) is 0.875. The molecule has 2 heterocycles. The Kier molecular flexibility index (Phi) is 5.10. The van der Waals surface area contributed by atoms with Gasteiger partial charge >= 0.3 is 6.03 Å². The van der Waals surface area contributed by atoms with Crippen molar-refractivity contribution >= 4 is 6.03 Å². The van der Waals surface area contributed by atoms with Crippen molar-refractivity contribution in [3.8, 4) is 11.4 Å². The Balaban J connectivity index is 1.57. The van der Waals surface area contributed by atoms with E-state index >= 15 is 0 Å². The van der Waals surface area contributed by atoms with Crippen LogP contribution in [-0.2, 0) is 0 Å². The van der Waals surface area contributed by atoms with Crippen LogP contribution in [0.4, 0.5) is 4.79 Å². The van der Waals surface area contributed by atoms with Gasteiger partial charge in [0.1, 0.15) is 0 Å². The lowest BCUT2D eigenvalue weighted by molar-refractivity contribution is 0.156. The van der Waals surface area contributed by atoms with Crippen LogP contribution >= 0.6 is 0 Å². The van der Waals surface area contributed by atoms with Crippen LogP contribution in [-0.4, -0.2) is 51.9 Å². The summed E-state index contributed by atoms with van der Waals surface area (Å²) >= 11 is 0. The summed E-state index contributed by atoms with van der Waals surface area (Å²) in [6.45, 7) is 3.03. The van der Waals surface area contributed by atoms with E-state index in [4.69, 9.17) is 4.52 Å². The Morgan fingerprint density at radius 2 is 2.25 bits per heavy atom. The van der Waals surface area contributed by atoms with Crippen molar-refractivity contribution in [2.24, 2.45) is 0 Å². The van der Waals surface area contributed by atoms with Crippen LogP contribution in [0.5, 0.6) is 0 Å². The van der Waals surface area contributed by atoms with Gasteiger partial charge in [-0.1, -0.05) is 42.4 Å². The lowest BCUT2D eigenvalue weighted by atomic mass is 10.2. The maximum Gasteiger partial charge on any atom is 0.317 e. The van der Waals surface area contributed by atoms with Gasteiger partial charge in [-0.3, -0.25) is 0 Å². The first kappa shape index (κ1) is 16.4. The number of hydrogen-bond donors (Lipinski definition) is 2. The lowest BCUT2D eigenvalue weighted by Crippen LogP contribution is -2.45. The lowest BCUT2D eigenvalue weighted by Gasteiger charge is -2.23. The number of aromatic nitrogens is 2. The van der Waals surface area contributed by atoms with Gasteiger partial charge in [-0.15, -0.1) is 0 Å². The molecule has 128 valence electrons. The molecular weight excluding hydrogens is 308 g/mol. The van der Waals surface area contributed by atoms with Gasteiger partial charge < -0.3 is 19.8 Å². The van der Waals surface area contributed by atoms with Crippen molar-refractivity contribution in [2.75, 3.05) is 19.7 Å². The molecule has 0 bridgehead atoms. The first-order chi connectivity index (χ1) is 11.7. The summed E-state index contributed by atoms with van der Waals surface area (Å²) < 4.78 is 5.31. The number of carbonyl (C=O) groups is 1. The number of urea groups is 1. The second kappa shape index (κ2) is 7.44. The van der Waals surface area contributed by atoms with Crippen LogP contribution in [0.1, 0.15) is 31.6 Å². The summed E-state index contributed by atoms with van der Waals surface area (Å²) in [7, 11) is 0. The van der Waals surface area contributed by atoms with E-state index in [0.29, 0.717) is 24.8 Å². The number of nitrogens with one attached hydrogen (secondary N) is 1. The van der Waals surface area contributed by atoms with Gasteiger partial charge in [-0.25, -0.2) is 4.79 Å². The second-order valence-electron chi connectivity index (χ2n) is 6.08. The Bertz CT molecular complexity index is 673. The average molecular weight is 330 g/mol. The molecule has 2 N–H and O–H groups in total. The van der Waals surface area contributed by atoms with Crippen molar-refractivity contribution < 1.29 is 14.4 Å². The van der Waals surface area contributed by atoms with Crippen LogP contribution in [0.2, 0.25) is 0 Å². The molecule has 1 aromatic heterocycles. The second-order valence-corrected chi connectivity index (χ2v) is 6.08. The van der Waals surface area contributed by atoms with E-state index in [9.17, 15) is 9.90 Å². The number of benzene rings is 1. The standard InChI is InChI=1S/C17H22N4O3/c1-12(10-18-17(23)21-9-5-8-14(21)11-22)16-19-15(20-24-16)13-6-3-2-4-7-13/h2-4,6-7,12,14,22H,5,8-11H2,1H3,(H,18,23). The molecule has 1 aliphatic rings.